The molecule has 10 heteroatoms. The van der Waals surface area contributed by atoms with Gasteiger partial charge in [0.15, 0.2) is 0 Å². The first-order valence-electron chi connectivity index (χ1n) is 9.41. The molecule has 1 amide bonds. The maximum atomic E-state index is 12.7. The van der Waals surface area contributed by atoms with Gasteiger partial charge in [-0.3, -0.25) is 4.79 Å². The zero-order valence-electron chi connectivity index (χ0n) is 16.5. The van der Waals surface area contributed by atoms with Gasteiger partial charge in [0, 0.05) is 37.7 Å². The summed E-state index contributed by atoms with van der Waals surface area (Å²) >= 11 is 11.8. The molecule has 1 aliphatic rings. The molecule has 3 rings (SSSR count). The molecule has 1 aliphatic heterocycles. The van der Waals surface area contributed by atoms with Crippen molar-refractivity contribution in [2.75, 3.05) is 50.5 Å². The predicted molar refractivity (Wildman–Crippen MR) is 119 cm³/mol. The Morgan fingerprint density at radius 2 is 1.80 bits per heavy atom. The maximum Gasteiger partial charge on any atom is 0.252 e. The van der Waals surface area contributed by atoms with Crippen LogP contribution in [0.4, 0.5) is 5.69 Å². The first-order valence-corrected chi connectivity index (χ1v) is 11.8. The fourth-order valence-electron chi connectivity index (χ4n) is 3.29. The number of carbonyl (C=O) groups excluding carboxylic acids is 1. The third kappa shape index (κ3) is 5.37. The molecular weight excluding hydrogens is 449 g/mol. The first-order chi connectivity index (χ1) is 14.3. The van der Waals surface area contributed by atoms with Gasteiger partial charge in [0.25, 0.3) is 5.91 Å². The average Bonchev–Trinajstić information content (AvgIpc) is 2.73. The lowest BCUT2D eigenvalue weighted by Gasteiger charge is -2.36. The van der Waals surface area contributed by atoms with Crippen LogP contribution in [-0.4, -0.2) is 64.2 Å². The smallest absolute Gasteiger partial charge is 0.252 e. The third-order valence-corrected chi connectivity index (χ3v) is 7.30. The zero-order valence-corrected chi connectivity index (χ0v) is 18.8. The monoisotopic (exact) mass is 471 g/mol. The van der Waals surface area contributed by atoms with Gasteiger partial charge >= 0.3 is 0 Å². The number of amides is 1. The van der Waals surface area contributed by atoms with Gasteiger partial charge in [-0.15, -0.1) is 0 Å². The van der Waals surface area contributed by atoms with Crippen molar-refractivity contribution in [2.24, 2.45) is 0 Å². The molecular formula is C20H23Cl2N3O4S. The number of rotatable bonds is 7. The standard InChI is InChI=1S/C20H23Cl2N3O4S/c1-29-19-5-3-2-4-18(19)24-9-11-25(12-10-24)30(27,28)13-8-23-20(26)16-7-6-15(21)14-17(16)22/h2-7,14H,8-13H2,1H3,(H,23,26). The lowest BCUT2D eigenvalue weighted by Crippen LogP contribution is -2.50. The van der Waals surface area contributed by atoms with E-state index in [9.17, 15) is 13.2 Å². The Morgan fingerprint density at radius 1 is 1.10 bits per heavy atom. The summed E-state index contributed by atoms with van der Waals surface area (Å²) in [6.07, 6.45) is 0. The molecule has 0 spiro atoms. The topological polar surface area (TPSA) is 79.0 Å². The van der Waals surface area contributed by atoms with Crippen molar-refractivity contribution >= 4 is 44.8 Å². The Morgan fingerprint density at radius 3 is 2.47 bits per heavy atom. The number of anilines is 1. The van der Waals surface area contributed by atoms with E-state index in [1.807, 2.05) is 24.3 Å². The maximum absolute atomic E-state index is 12.7. The molecule has 0 unspecified atom stereocenters. The van der Waals surface area contributed by atoms with Gasteiger partial charge in [0.2, 0.25) is 10.0 Å². The van der Waals surface area contributed by atoms with Crippen LogP contribution in [0.1, 0.15) is 10.4 Å². The highest BCUT2D eigenvalue weighted by Crippen LogP contribution is 2.28. The second-order valence-electron chi connectivity index (χ2n) is 6.75. The third-order valence-electron chi connectivity index (χ3n) is 4.88. The molecule has 162 valence electrons. The van der Waals surface area contributed by atoms with Crippen molar-refractivity contribution in [3.8, 4) is 5.75 Å². The largest absolute Gasteiger partial charge is 0.495 e. The van der Waals surface area contributed by atoms with Crippen molar-refractivity contribution in [1.29, 1.82) is 0 Å². The number of nitrogens with one attached hydrogen (secondary N) is 1. The van der Waals surface area contributed by atoms with Crippen LogP contribution in [0.5, 0.6) is 5.75 Å². The second-order valence-corrected chi connectivity index (χ2v) is 9.69. The Hall–Kier alpha value is -2.00. The van der Waals surface area contributed by atoms with Crippen molar-refractivity contribution in [1.82, 2.24) is 9.62 Å². The number of piperazine rings is 1. The van der Waals surface area contributed by atoms with E-state index in [-0.39, 0.29) is 22.9 Å². The molecule has 30 heavy (non-hydrogen) atoms. The molecule has 0 bridgehead atoms. The van der Waals surface area contributed by atoms with Gasteiger partial charge in [-0.05, 0) is 30.3 Å². The van der Waals surface area contributed by atoms with Crippen LogP contribution < -0.4 is 15.0 Å². The molecule has 0 aliphatic carbocycles. The number of benzene rings is 2. The quantitative estimate of drug-likeness (QED) is 0.671. The normalized spacial score (nSPS) is 15.1. The zero-order chi connectivity index (χ0) is 21.7. The van der Waals surface area contributed by atoms with E-state index >= 15 is 0 Å². The summed E-state index contributed by atoms with van der Waals surface area (Å²) in [7, 11) is -1.88. The molecule has 7 nitrogen and oxygen atoms in total. The van der Waals surface area contributed by atoms with Crippen molar-refractivity contribution in [3.63, 3.8) is 0 Å². The lowest BCUT2D eigenvalue weighted by molar-refractivity contribution is 0.0956. The van der Waals surface area contributed by atoms with Gasteiger partial charge in [-0.1, -0.05) is 35.3 Å². The number of para-hydroxylation sites is 2. The number of ether oxygens (including phenoxy) is 1. The van der Waals surface area contributed by atoms with Gasteiger partial charge in [0.1, 0.15) is 5.75 Å². The van der Waals surface area contributed by atoms with Crippen LogP contribution in [0, 0.1) is 0 Å². The second kappa shape index (κ2) is 9.87. The minimum atomic E-state index is -3.49. The molecule has 0 radical (unpaired) electrons. The summed E-state index contributed by atoms with van der Waals surface area (Å²) in [5.74, 6) is 0.142. The van der Waals surface area contributed by atoms with Crippen LogP contribution in [0.2, 0.25) is 10.0 Å². The minimum absolute atomic E-state index is 0.00710. The summed E-state index contributed by atoms with van der Waals surface area (Å²) in [5.41, 5.74) is 1.20. The molecule has 0 saturated carbocycles. The van der Waals surface area contributed by atoms with E-state index in [1.165, 1.54) is 16.4 Å². The summed E-state index contributed by atoms with van der Waals surface area (Å²) in [6.45, 7) is 1.86. The van der Waals surface area contributed by atoms with Gasteiger partial charge < -0.3 is 15.0 Å². The average molecular weight is 472 g/mol. The van der Waals surface area contributed by atoms with Crippen molar-refractivity contribution in [3.05, 3.63) is 58.1 Å². The van der Waals surface area contributed by atoms with E-state index in [4.69, 9.17) is 27.9 Å². The van der Waals surface area contributed by atoms with E-state index in [0.717, 1.165) is 11.4 Å². The number of hydrogen-bond acceptors (Lipinski definition) is 5. The van der Waals surface area contributed by atoms with Gasteiger partial charge in [-0.2, -0.15) is 4.31 Å². The predicted octanol–water partition coefficient (Wildman–Crippen LogP) is 2.88. The fraction of sp³-hybridized carbons (Fsp3) is 0.350. The molecule has 2 aromatic rings. The van der Waals surface area contributed by atoms with Crippen LogP contribution >= 0.6 is 23.2 Å². The first kappa shape index (κ1) is 22.7. The highest BCUT2D eigenvalue weighted by Gasteiger charge is 2.27. The number of nitrogens with zero attached hydrogens (tertiary/aromatic N) is 2. The van der Waals surface area contributed by atoms with Crippen LogP contribution in [0.3, 0.4) is 0 Å². The van der Waals surface area contributed by atoms with E-state index in [1.54, 1.807) is 13.2 Å². The Balaban J connectivity index is 1.52. The molecule has 1 N–H and O–H groups in total. The SMILES string of the molecule is COc1ccccc1N1CCN(S(=O)(=O)CCNC(=O)c2ccc(Cl)cc2Cl)CC1. The highest BCUT2D eigenvalue weighted by atomic mass is 35.5. The Kier molecular flexibility index (Phi) is 7.46. The van der Waals surface area contributed by atoms with E-state index < -0.39 is 15.9 Å². The molecule has 0 aromatic heterocycles. The highest BCUT2D eigenvalue weighted by molar-refractivity contribution is 7.89. The van der Waals surface area contributed by atoms with Crippen LogP contribution in [0.15, 0.2) is 42.5 Å². The summed E-state index contributed by atoms with van der Waals surface area (Å²) in [5, 5.41) is 3.25. The molecule has 1 heterocycles. The Labute approximate surface area is 186 Å². The lowest BCUT2D eigenvalue weighted by atomic mass is 10.2. The van der Waals surface area contributed by atoms with E-state index in [0.29, 0.717) is 31.2 Å². The summed E-state index contributed by atoms with van der Waals surface area (Å²) < 4.78 is 32.2. The summed E-state index contributed by atoms with van der Waals surface area (Å²) in [4.78, 5) is 14.3. The molecule has 1 saturated heterocycles. The fourth-order valence-corrected chi connectivity index (χ4v) is 5.12. The number of sulfonamides is 1. The molecule has 1 fully saturated rings. The van der Waals surface area contributed by atoms with Gasteiger partial charge in [-0.25, -0.2) is 8.42 Å². The minimum Gasteiger partial charge on any atom is -0.495 e. The molecule has 2 aromatic carbocycles. The van der Waals surface area contributed by atoms with E-state index in [2.05, 4.69) is 10.2 Å². The van der Waals surface area contributed by atoms with Crippen molar-refractivity contribution < 1.29 is 17.9 Å². The summed E-state index contributed by atoms with van der Waals surface area (Å²) in [6, 6.07) is 12.2. The van der Waals surface area contributed by atoms with Crippen molar-refractivity contribution in [2.45, 2.75) is 0 Å². The van der Waals surface area contributed by atoms with Gasteiger partial charge in [0.05, 0.1) is 29.1 Å². The number of carbonyl (C=O) groups is 1. The Bertz CT molecular complexity index is 1010. The number of halogens is 2. The number of methoxy groups -OCH3 is 1. The molecule has 0 atom stereocenters. The van der Waals surface area contributed by atoms with Crippen LogP contribution in [-0.2, 0) is 10.0 Å². The number of hydrogen-bond donors (Lipinski definition) is 1. The van der Waals surface area contributed by atoms with Crippen LogP contribution in [0.25, 0.3) is 0 Å².